The van der Waals surface area contributed by atoms with Crippen LogP contribution >= 0.6 is 0 Å². The molecular formula is C11H17F3N2. The molecule has 0 aromatic carbocycles. The third kappa shape index (κ3) is 2.39. The van der Waals surface area contributed by atoms with Crippen LogP contribution < -0.4 is 0 Å². The molecule has 92 valence electrons. The molecule has 0 amide bonds. The zero-order chi connectivity index (χ0) is 12.7. The highest BCUT2D eigenvalue weighted by molar-refractivity contribution is 5.21. The second-order valence-corrected chi connectivity index (χ2v) is 5.17. The first kappa shape index (κ1) is 13.1. The molecule has 1 rings (SSSR count). The van der Waals surface area contributed by atoms with Crippen molar-refractivity contribution in [2.45, 2.75) is 52.3 Å². The zero-order valence-electron chi connectivity index (χ0n) is 10.2. The molecule has 0 spiro atoms. The molecule has 1 aromatic heterocycles. The van der Waals surface area contributed by atoms with Crippen molar-refractivity contribution < 1.29 is 13.2 Å². The molecule has 0 atom stereocenters. The lowest BCUT2D eigenvalue weighted by Crippen LogP contribution is -2.27. The Balaban J connectivity index is 3.44. The van der Waals surface area contributed by atoms with Gasteiger partial charge in [-0.1, -0.05) is 13.8 Å². The van der Waals surface area contributed by atoms with Gasteiger partial charge in [0, 0.05) is 5.54 Å². The van der Waals surface area contributed by atoms with Crippen LogP contribution in [0, 0.1) is 0 Å². The van der Waals surface area contributed by atoms with Gasteiger partial charge in [-0.3, -0.25) is 0 Å². The average molecular weight is 234 g/mol. The number of alkyl halides is 3. The van der Waals surface area contributed by atoms with Crippen molar-refractivity contribution >= 4 is 0 Å². The molecule has 0 saturated heterocycles. The van der Waals surface area contributed by atoms with Crippen molar-refractivity contribution in [1.82, 2.24) is 9.55 Å². The van der Waals surface area contributed by atoms with E-state index < -0.39 is 17.4 Å². The largest absolute Gasteiger partial charge is 0.433 e. The Morgan fingerprint density at radius 1 is 1.19 bits per heavy atom. The molecule has 0 saturated carbocycles. The molecule has 2 nitrogen and oxygen atoms in total. The van der Waals surface area contributed by atoms with Gasteiger partial charge in [-0.15, -0.1) is 0 Å². The van der Waals surface area contributed by atoms with Gasteiger partial charge in [0.1, 0.15) is 5.69 Å². The Morgan fingerprint density at radius 3 is 2.00 bits per heavy atom. The first-order valence-corrected chi connectivity index (χ1v) is 5.20. The minimum Gasteiger partial charge on any atom is -0.321 e. The van der Waals surface area contributed by atoms with Crippen LogP contribution in [0.2, 0.25) is 0 Å². The number of hydrogen-bond acceptors (Lipinski definition) is 1. The van der Waals surface area contributed by atoms with Crippen LogP contribution in [0.15, 0.2) is 6.33 Å². The quantitative estimate of drug-likeness (QED) is 0.723. The van der Waals surface area contributed by atoms with Crippen LogP contribution in [-0.4, -0.2) is 9.55 Å². The summed E-state index contributed by atoms with van der Waals surface area (Å²) in [4.78, 5) is 3.89. The van der Waals surface area contributed by atoms with Crippen LogP contribution in [0.1, 0.15) is 51.9 Å². The summed E-state index contributed by atoms with van der Waals surface area (Å²) in [6, 6.07) is 0. The van der Waals surface area contributed by atoms with Gasteiger partial charge in [-0.2, -0.15) is 13.2 Å². The maximum atomic E-state index is 13.0. The molecular weight excluding hydrogens is 217 g/mol. The van der Waals surface area contributed by atoms with Crippen molar-refractivity contribution in [2.75, 3.05) is 0 Å². The highest BCUT2D eigenvalue weighted by atomic mass is 19.4. The Bertz CT molecular complexity index is 370. The number of hydrogen-bond donors (Lipinski definition) is 0. The molecule has 0 unspecified atom stereocenters. The summed E-state index contributed by atoms with van der Waals surface area (Å²) in [6.45, 7) is 8.62. The standard InChI is InChI=1S/C11H17F3N2/c1-7(2)8-9(11(12,13)14)16(6-15-8)10(3,4)5/h6-7H,1-5H3. The number of halogens is 3. The van der Waals surface area contributed by atoms with E-state index in [1.165, 1.54) is 10.9 Å². The molecule has 5 heteroatoms. The van der Waals surface area contributed by atoms with Gasteiger partial charge in [-0.25, -0.2) is 4.98 Å². The number of aromatic nitrogens is 2. The van der Waals surface area contributed by atoms with Crippen molar-refractivity contribution in [3.63, 3.8) is 0 Å². The predicted molar refractivity (Wildman–Crippen MR) is 56.3 cm³/mol. The van der Waals surface area contributed by atoms with Crippen LogP contribution in [0.4, 0.5) is 13.2 Å². The third-order valence-corrected chi connectivity index (χ3v) is 2.33. The van der Waals surface area contributed by atoms with Crippen molar-refractivity contribution in [2.24, 2.45) is 0 Å². The molecule has 0 N–H and O–H groups in total. The van der Waals surface area contributed by atoms with E-state index in [1.807, 2.05) is 0 Å². The maximum absolute atomic E-state index is 13.0. The molecule has 0 fully saturated rings. The monoisotopic (exact) mass is 234 g/mol. The van der Waals surface area contributed by atoms with Gasteiger partial charge in [0.15, 0.2) is 0 Å². The van der Waals surface area contributed by atoms with E-state index in [2.05, 4.69) is 4.98 Å². The van der Waals surface area contributed by atoms with Gasteiger partial charge in [-0.05, 0) is 26.7 Å². The summed E-state index contributed by atoms with van der Waals surface area (Å²) in [6.07, 6.45) is -3.08. The lowest BCUT2D eigenvalue weighted by molar-refractivity contribution is -0.146. The second kappa shape index (κ2) is 3.79. The topological polar surface area (TPSA) is 17.8 Å². The van der Waals surface area contributed by atoms with Crippen LogP contribution in [0.25, 0.3) is 0 Å². The summed E-state index contributed by atoms with van der Waals surface area (Å²) >= 11 is 0. The van der Waals surface area contributed by atoms with Gasteiger partial charge in [0.2, 0.25) is 0 Å². The Morgan fingerprint density at radius 2 is 1.69 bits per heavy atom. The fourth-order valence-corrected chi connectivity index (χ4v) is 1.58. The average Bonchev–Trinajstić information content (AvgIpc) is 2.43. The summed E-state index contributed by atoms with van der Waals surface area (Å²) in [5.41, 5.74) is -1.14. The summed E-state index contributed by atoms with van der Waals surface area (Å²) < 4.78 is 40.1. The van der Waals surface area contributed by atoms with E-state index >= 15 is 0 Å². The lowest BCUT2D eigenvalue weighted by atomic mass is 10.1. The smallest absolute Gasteiger partial charge is 0.321 e. The number of nitrogens with zero attached hydrogens (tertiary/aromatic N) is 2. The molecule has 1 heterocycles. The number of rotatable bonds is 1. The summed E-state index contributed by atoms with van der Waals surface area (Å²) in [5, 5.41) is 0. The van der Waals surface area contributed by atoms with E-state index in [-0.39, 0.29) is 11.6 Å². The van der Waals surface area contributed by atoms with E-state index in [4.69, 9.17) is 0 Å². The molecule has 0 aliphatic rings. The van der Waals surface area contributed by atoms with Crippen LogP contribution in [-0.2, 0) is 11.7 Å². The predicted octanol–water partition coefficient (Wildman–Crippen LogP) is 3.78. The molecule has 0 aliphatic carbocycles. The third-order valence-electron chi connectivity index (χ3n) is 2.33. The molecule has 0 bridgehead atoms. The maximum Gasteiger partial charge on any atom is 0.433 e. The summed E-state index contributed by atoms with van der Waals surface area (Å²) in [7, 11) is 0. The first-order valence-electron chi connectivity index (χ1n) is 5.20. The second-order valence-electron chi connectivity index (χ2n) is 5.17. The van der Waals surface area contributed by atoms with Crippen LogP contribution in [0.5, 0.6) is 0 Å². The van der Waals surface area contributed by atoms with E-state index in [1.54, 1.807) is 34.6 Å². The van der Waals surface area contributed by atoms with Gasteiger partial charge < -0.3 is 4.57 Å². The van der Waals surface area contributed by atoms with Gasteiger partial charge >= 0.3 is 6.18 Å². The fourth-order valence-electron chi connectivity index (χ4n) is 1.58. The highest BCUT2D eigenvalue weighted by Gasteiger charge is 2.40. The molecule has 1 aromatic rings. The minimum atomic E-state index is -4.36. The summed E-state index contributed by atoms with van der Waals surface area (Å²) in [5.74, 6) is -0.236. The Hall–Kier alpha value is -1.00. The lowest BCUT2D eigenvalue weighted by Gasteiger charge is -2.25. The highest BCUT2D eigenvalue weighted by Crippen LogP contribution is 2.37. The molecule has 16 heavy (non-hydrogen) atoms. The van der Waals surface area contributed by atoms with E-state index in [0.29, 0.717) is 0 Å². The minimum absolute atomic E-state index is 0.113. The fraction of sp³-hybridized carbons (Fsp3) is 0.727. The normalized spacial score (nSPS) is 13.6. The van der Waals surface area contributed by atoms with Crippen molar-refractivity contribution in [3.05, 3.63) is 17.7 Å². The van der Waals surface area contributed by atoms with Gasteiger partial charge in [0.05, 0.1) is 12.0 Å². The van der Waals surface area contributed by atoms with Crippen molar-refractivity contribution in [3.8, 4) is 0 Å². The van der Waals surface area contributed by atoms with Gasteiger partial charge in [0.25, 0.3) is 0 Å². The molecule has 0 radical (unpaired) electrons. The number of imidazole rings is 1. The Kier molecular flexibility index (Phi) is 3.09. The first-order chi connectivity index (χ1) is 7.05. The van der Waals surface area contributed by atoms with Crippen LogP contribution in [0.3, 0.4) is 0 Å². The Labute approximate surface area is 93.5 Å². The van der Waals surface area contributed by atoms with Crippen molar-refractivity contribution in [1.29, 1.82) is 0 Å². The van der Waals surface area contributed by atoms with E-state index in [9.17, 15) is 13.2 Å². The SMILES string of the molecule is CC(C)c1ncn(C(C)(C)C)c1C(F)(F)F. The zero-order valence-corrected chi connectivity index (χ0v) is 10.2. The molecule has 0 aliphatic heterocycles. The van der Waals surface area contributed by atoms with E-state index in [0.717, 1.165) is 0 Å².